The molecule has 1 heterocycles. The van der Waals surface area contributed by atoms with E-state index in [0.29, 0.717) is 15.6 Å². The molecule has 6 heteroatoms. The summed E-state index contributed by atoms with van der Waals surface area (Å²) < 4.78 is 1.50. The Labute approximate surface area is 172 Å². The Balaban J connectivity index is 1.85. The molecule has 4 rings (SSSR count). The SMILES string of the molecule is O=C(Cn1cncn1)c1ccc(-c2ccccc2Cl)cc1-c1ccccc1Cl. The molecule has 0 aliphatic heterocycles. The van der Waals surface area contributed by atoms with Gasteiger partial charge in [0.2, 0.25) is 0 Å². The Hall–Kier alpha value is -2.95. The first kappa shape index (κ1) is 18.4. The Morgan fingerprint density at radius 1 is 0.857 bits per heavy atom. The third kappa shape index (κ3) is 3.70. The number of halogens is 2. The van der Waals surface area contributed by atoms with Crippen LogP contribution < -0.4 is 0 Å². The van der Waals surface area contributed by atoms with Crippen LogP contribution in [0.25, 0.3) is 22.3 Å². The molecule has 0 fully saturated rings. The number of carbonyl (C=O) groups is 1. The molecule has 0 aliphatic carbocycles. The number of rotatable bonds is 5. The van der Waals surface area contributed by atoms with Gasteiger partial charge >= 0.3 is 0 Å². The molecule has 0 saturated carbocycles. The lowest BCUT2D eigenvalue weighted by Crippen LogP contribution is -2.12. The predicted molar refractivity (Wildman–Crippen MR) is 112 cm³/mol. The van der Waals surface area contributed by atoms with Gasteiger partial charge in [0.1, 0.15) is 19.2 Å². The third-order valence-electron chi connectivity index (χ3n) is 4.44. The molecule has 3 aromatic carbocycles. The zero-order valence-corrected chi connectivity index (χ0v) is 16.2. The van der Waals surface area contributed by atoms with Gasteiger partial charge in [-0.05, 0) is 29.3 Å². The van der Waals surface area contributed by atoms with Crippen LogP contribution in [0.2, 0.25) is 10.0 Å². The number of hydrogen-bond acceptors (Lipinski definition) is 3. The molecule has 0 aliphatic rings. The second kappa shape index (κ2) is 7.97. The van der Waals surface area contributed by atoms with E-state index >= 15 is 0 Å². The van der Waals surface area contributed by atoms with Crippen molar-refractivity contribution in [3.63, 3.8) is 0 Å². The van der Waals surface area contributed by atoms with Gasteiger partial charge in [0.05, 0.1) is 0 Å². The van der Waals surface area contributed by atoms with E-state index in [4.69, 9.17) is 23.2 Å². The van der Waals surface area contributed by atoms with Gasteiger partial charge in [0, 0.05) is 26.7 Å². The number of hydrogen-bond donors (Lipinski definition) is 0. The minimum atomic E-state index is -0.0777. The molecule has 0 spiro atoms. The fourth-order valence-electron chi connectivity index (χ4n) is 3.10. The molecule has 1 aromatic heterocycles. The summed E-state index contributed by atoms with van der Waals surface area (Å²) in [7, 11) is 0. The first-order valence-corrected chi connectivity index (χ1v) is 9.38. The van der Waals surface area contributed by atoms with Crippen molar-refractivity contribution in [2.75, 3.05) is 0 Å². The maximum atomic E-state index is 13.0. The van der Waals surface area contributed by atoms with E-state index in [0.717, 1.165) is 22.3 Å². The van der Waals surface area contributed by atoms with Crippen molar-refractivity contribution < 1.29 is 4.79 Å². The third-order valence-corrected chi connectivity index (χ3v) is 5.10. The van der Waals surface area contributed by atoms with Crippen molar-refractivity contribution in [1.82, 2.24) is 14.8 Å². The maximum absolute atomic E-state index is 13.0. The van der Waals surface area contributed by atoms with E-state index in [9.17, 15) is 4.79 Å². The monoisotopic (exact) mass is 407 g/mol. The zero-order valence-electron chi connectivity index (χ0n) is 14.7. The topological polar surface area (TPSA) is 47.8 Å². The summed E-state index contributed by atoms with van der Waals surface area (Å²) in [6, 6.07) is 20.8. The summed E-state index contributed by atoms with van der Waals surface area (Å²) in [4.78, 5) is 16.9. The number of Topliss-reactive ketones (excluding diaryl/α,β-unsaturated/α-hetero) is 1. The molecule has 138 valence electrons. The van der Waals surface area contributed by atoms with Gasteiger partial charge in [0.15, 0.2) is 5.78 Å². The van der Waals surface area contributed by atoms with Gasteiger partial charge in [0.25, 0.3) is 0 Å². The van der Waals surface area contributed by atoms with Crippen LogP contribution >= 0.6 is 23.2 Å². The van der Waals surface area contributed by atoms with Gasteiger partial charge < -0.3 is 0 Å². The molecule has 0 unspecified atom stereocenters. The maximum Gasteiger partial charge on any atom is 0.184 e. The van der Waals surface area contributed by atoms with Crippen molar-refractivity contribution in [2.24, 2.45) is 0 Å². The summed E-state index contributed by atoms with van der Waals surface area (Å²) in [5.74, 6) is -0.0777. The average Bonchev–Trinajstić information content (AvgIpc) is 3.21. The Morgan fingerprint density at radius 3 is 2.18 bits per heavy atom. The highest BCUT2D eigenvalue weighted by molar-refractivity contribution is 6.34. The molecule has 0 amide bonds. The summed E-state index contributed by atoms with van der Waals surface area (Å²) in [6.45, 7) is 0.100. The molecule has 28 heavy (non-hydrogen) atoms. The van der Waals surface area contributed by atoms with Gasteiger partial charge in [-0.3, -0.25) is 4.79 Å². The van der Waals surface area contributed by atoms with Crippen molar-refractivity contribution in [3.05, 3.63) is 95.0 Å². The van der Waals surface area contributed by atoms with E-state index in [1.807, 2.05) is 66.7 Å². The summed E-state index contributed by atoms with van der Waals surface area (Å²) in [5.41, 5.74) is 3.93. The Kier molecular flexibility index (Phi) is 5.24. The highest BCUT2D eigenvalue weighted by atomic mass is 35.5. The summed E-state index contributed by atoms with van der Waals surface area (Å²) >= 11 is 12.8. The molecule has 4 aromatic rings. The second-order valence-electron chi connectivity index (χ2n) is 6.24. The Bertz CT molecular complexity index is 1140. The molecule has 4 nitrogen and oxygen atoms in total. The molecular formula is C22H15Cl2N3O. The van der Waals surface area contributed by atoms with Crippen molar-refractivity contribution in [3.8, 4) is 22.3 Å². The van der Waals surface area contributed by atoms with Crippen LogP contribution in [0.15, 0.2) is 79.4 Å². The van der Waals surface area contributed by atoms with Crippen molar-refractivity contribution >= 4 is 29.0 Å². The summed E-state index contributed by atoms with van der Waals surface area (Å²) in [6.07, 6.45) is 2.92. The van der Waals surface area contributed by atoms with Crippen LogP contribution in [0.5, 0.6) is 0 Å². The fourth-order valence-corrected chi connectivity index (χ4v) is 3.58. The average molecular weight is 408 g/mol. The standard InChI is InChI=1S/C22H15Cl2N3O/c23-20-7-3-1-5-16(20)15-9-10-18(22(28)12-27-14-25-13-26-27)19(11-15)17-6-2-4-8-21(17)24/h1-11,13-14H,12H2. The highest BCUT2D eigenvalue weighted by Gasteiger charge is 2.17. The predicted octanol–water partition coefficient (Wildman–Crippen LogP) is 5.80. The second-order valence-corrected chi connectivity index (χ2v) is 7.05. The van der Waals surface area contributed by atoms with Gasteiger partial charge in [-0.25, -0.2) is 9.67 Å². The van der Waals surface area contributed by atoms with Crippen LogP contribution in [0, 0.1) is 0 Å². The van der Waals surface area contributed by atoms with Gasteiger partial charge in [-0.2, -0.15) is 5.10 Å². The zero-order chi connectivity index (χ0) is 19.5. The van der Waals surface area contributed by atoms with E-state index < -0.39 is 0 Å². The van der Waals surface area contributed by atoms with Gasteiger partial charge in [-0.1, -0.05) is 71.7 Å². The largest absolute Gasteiger partial charge is 0.292 e. The fraction of sp³-hybridized carbons (Fsp3) is 0.0455. The summed E-state index contributed by atoms with van der Waals surface area (Å²) in [5, 5.41) is 5.24. The number of aromatic nitrogens is 3. The van der Waals surface area contributed by atoms with E-state index in [2.05, 4.69) is 10.1 Å². The van der Waals surface area contributed by atoms with Crippen LogP contribution in [0.4, 0.5) is 0 Å². The number of nitrogens with zero attached hydrogens (tertiary/aromatic N) is 3. The van der Waals surface area contributed by atoms with Gasteiger partial charge in [-0.15, -0.1) is 0 Å². The van der Waals surface area contributed by atoms with E-state index in [-0.39, 0.29) is 12.3 Å². The lowest BCUT2D eigenvalue weighted by Gasteiger charge is -2.14. The van der Waals surface area contributed by atoms with Crippen LogP contribution in [0.1, 0.15) is 10.4 Å². The lowest BCUT2D eigenvalue weighted by molar-refractivity contribution is 0.0968. The first-order chi connectivity index (χ1) is 13.6. The smallest absolute Gasteiger partial charge is 0.184 e. The van der Waals surface area contributed by atoms with Crippen LogP contribution in [-0.4, -0.2) is 20.5 Å². The highest BCUT2D eigenvalue weighted by Crippen LogP contribution is 2.36. The minimum absolute atomic E-state index is 0.0777. The first-order valence-electron chi connectivity index (χ1n) is 8.63. The number of ketones is 1. The molecule has 0 N–H and O–H groups in total. The normalized spacial score (nSPS) is 10.8. The van der Waals surface area contributed by atoms with Crippen LogP contribution in [-0.2, 0) is 6.54 Å². The lowest BCUT2D eigenvalue weighted by atomic mass is 9.92. The van der Waals surface area contributed by atoms with E-state index in [1.165, 1.54) is 17.3 Å². The van der Waals surface area contributed by atoms with Crippen molar-refractivity contribution in [1.29, 1.82) is 0 Å². The Morgan fingerprint density at radius 2 is 1.54 bits per heavy atom. The molecule has 0 atom stereocenters. The molecule has 0 bridgehead atoms. The van der Waals surface area contributed by atoms with E-state index in [1.54, 1.807) is 0 Å². The van der Waals surface area contributed by atoms with Crippen LogP contribution in [0.3, 0.4) is 0 Å². The molecule has 0 saturated heterocycles. The molecule has 0 radical (unpaired) electrons. The number of benzene rings is 3. The quantitative estimate of drug-likeness (QED) is 0.392. The minimum Gasteiger partial charge on any atom is -0.292 e. The number of carbonyl (C=O) groups excluding carboxylic acids is 1. The van der Waals surface area contributed by atoms with Crippen molar-refractivity contribution in [2.45, 2.75) is 6.54 Å². The molecular weight excluding hydrogens is 393 g/mol.